The molecule has 1 amide bonds. The minimum absolute atomic E-state index is 0.212. The van der Waals surface area contributed by atoms with Crippen molar-refractivity contribution in [1.29, 1.82) is 0 Å². The number of nitrogens with zero attached hydrogens (tertiary/aromatic N) is 2. The van der Waals surface area contributed by atoms with E-state index in [1.807, 2.05) is 37.3 Å². The number of hydrogen-bond donors (Lipinski definition) is 0. The van der Waals surface area contributed by atoms with Crippen LogP contribution in [0.1, 0.15) is 26.3 Å². The number of para-hydroxylation sites is 1. The second-order valence-electron chi connectivity index (χ2n) is 6.54. The Morgan fingerprint density at radius 3 is 2.48 bits per heavy atom. The molecular formula is C23H23BrN2O5. The second kappa shape index (κ2) is 10.3. The molecule has 0 unspecified atom stereocenters. The quantitative estimate of drug-likeness (QED) is 0.402. The van der Waals surface area contributed by atoms with Gasteiger partial charge in [-0.15, -0.1) is 0 Å². The van der Waals surface area contributed by atoms with Gasteiger partial charge < -0.3 is 14.2 Å². The van der Waals surface area contributed by atoms with Crippen LogP contribution in [0.2, 0.25) is 0 Å². The average Bonchev–Trinajstić information content (AvgIpc) is 3.04. The molecule has 3 rings (SSSR count). The molecule has 8 heteroatoms. The maximum Gasteiger partial charge on any atom is 0.344 e. The van der Waals surface area contributed by atoms with Crippen LogP contribution in [0.5, 0.6) is 11.5 Å². The molecule has 31 heavy (non-hydrogen) atoms. The summed E-state index contributed by atoms with van der Waals surface area (Å²) in [6, 6.07) is 12.7. The van der Waals surface area contributed by atoms with Gasteiger partial charge in [-0.3, -0.25) is 4.79 Å². The molecular weight excluding hydrogens is 464 g/mol. The number of hydrazone groups is 1. The minimum atomic E-state index is -0.461. The summed E-state index contributed by atoms with van der Waals surface area (Å²) < 4.78 is 16.8. The topological polar surface area (TPSA) is 77.4 Å². The highest BCUT2D eigenvalue weighted by Gasteiger charge is 2.29. The van der Waals surface area contributed by atoms with E-state index in [1.165, 1.54) is 5.01 Å². The Balaban J connectivity index is 1.89. The molecule has 2 aromatic rings. The van der Waals surface area contributed by atoms with Gasteiger partial charge in [-0.05, 0) is 56.7 Å². The van der Waals surface area contributed by atoms with Crippen molar-refractivity contribution in [2.45, 2.75) is 20.8 Å². The van der Waals surface area contributed by atoms with E-state index in [0.29, 0.717) is 39.6 Å². The lowest BCUT2D eigenvalue weighted by atomic mass is 10.1. The van der Waals surface area contributed by atoms with Crippen molar-refractivity contribution < 1.29 is 23.8 Å². The SMILES string of the molecule is CCOC(=O)COc1cc(Br)c(C=C2C(=O)N(c3ccccc3)N=C2C)cc1OCC. The Kier molecular flexibility index (Phi) is 7.46. The molecule has 0 fully saturated rings. The van der Waals surface area contributed by atoms with E-state index in [9.17, 15) is 9.59 Å². The minimum Gasteiger partial charge on any atom is -0.490 e. The lowest BCUT2D eigenvalue weighted by Crippen LogP contribution is -2.21. The van der Waals surface area contributed by atoms with Crippen LogP contribution in [-0.4, -0.2) is 37.4 Å². The highest BCUT2D eigenvalue weighted by molar-refractivity contribution is 9.10. The summed E-state index contributed by atoms with van der Waals surface area (Å²) in [5.41, 5.74) is 2.51. The molecule has 162 valence electrons. The molecule has 1 aliphatic rings. The van der Waals surface area contributed by atoms with Crippen molar-refractivity contribution in [3.05, 3.63) is 58.1 Å². The van der Waals surface area contributed by atoms with Crippen LogP contribution in [0.3, 0.4) is 0 Å². The summed E-state index contributed by atoms with van der Waals surface area (Å²) in [5, 5.41) is 5.78. The summed E-state index contributed by atoms with van der Waals surface area (Å²) >= 11 is 3.52. The van der Waals surface area contributed by atoms with Crippen LogP contribution < -0.4 is 14.5 Å². The molecule has 7 nitrogen and oxygen atoms in total. The van der Waals surface area contributed by atoms with Gasteiger partial charge in [-0.2, -0.15) is 10.1 Å². The van der Waals surface area contributed by atoms with Gasteiger partial charge in [0, 0.05) is 4.47 Å². The zero-order chi connectivity index (χ0) is 22.4. The van der Waals surface area contributed by atoms with Gasteiger partial charge >= 0.3 is 5.97 Å². The van der Waals surface area contributed by atoms with E-state index in [4.69, 9.17) is 14.2 Å². The predicted octanol–water partition coefficient (Wildman–Crippen LogP) is 4.60. The molecule has 0 spiro atoms. The summed E-state index contributed by atoms with van der Waals surface area (Å²) in [5.74, 6) is 0.188. The third kappa shape index (κ3) is 5.32. The Hall–Kier alpha value is -3.13. The lowest BCUT2D eigenvalue weighted by Gasteiger charge is -2.14. The highest BCUT2D eigenvalue weighted by Crippen LogP contribution is 2.36. The van der Waals surface area contributed by atoms with Crippen molar-refractivity contribution in [1.82, 2.24) is 0 Å². The molecule has 0 radical (unpaired) electrons. The van der Waals surface area contributed by atoms with Gasteiger partial charge in [0.15, 0.2) is 18.1 Å². The van der Waals surface area contributed by atoms with Crippen molar-refractivity contribution in [3.63, 3.8) is 0 Å². The van der Waals surface area contributed by atoms with Crippen molar-refractivity contribution in [2.75, 3.05) is 24.8 Å². The van der Waals surface area contributed by atoms with E-state index >= 15 is 0 Å². The first-order valence-corrected chi connectivity index (χ1v) is 10.6. The molecule has 0 aliphatic carbocycles. The van der Waals surface area contributed by atoms with Crippen LogP contribution in [-0.2, 0) is 14.3 Å². The number of carbonyl (C=O) groups excluding carboxylic acids is 2. The number of esters is 1. The Labute approximate surface area is 189 Å². The smallest absolute Gasteiger partial charge is 0.344 e. The number of hydrogen-bond acceptors (Lipinski definition) is 6. The first-order chi connectivity index (χ1) is 14.9. The van der Waals surface area contributed by atoms with Crippen LogP contribution >= 0.6 is 15.9 Å². The number of carbonyl (C=O) groups is 2. The van der Waals surface area contributed by atoms with Gasteiger partial charge in [0.1, 0.15) is 0 Å². The standard InChI is InChI=1S/C23H23BrN2O5/c1-4-29-20-12-16(19(24)13-21(20)31-14-22(27)30-5-2)11-18-15(3)25-26(23(18)28)17-9-7-6-8-10-17/h6-13H,4-5,14H2,1-3H3. The Morgan fingerprint density at radius 1 is 1.10 bits per heavy atom. The number of ether oxygens (including phenoxy) is 3. The molecule has 2 aromatic carbocycles. The first-order valence-electron chi connectivity index (χ1n) is 9.86. The van der Waals surface area contributed by atoms with Gasteiger partial charge in [-0.1, -0.05) is 34.1 Å². The van der Waals surface area contributed by atoms with E-state index in [2.05, 4.69) is 21.0 Å². The highest BCUT2D eigenvalue weighted by atomic mass is 79.9. The van der Waals surface area contributed by atoms with Crippen molar-refractivity contribution in [2.24, 2.45) is 5.10 Å². The average molecular weight is 487 g/mol. The number of amides is 1. The third-order valence-corrected chi connectivity index (χ3v) is 5.06. The molecule has 0 atom stereocenters. The molecule has 0 aromatic heterocycles. The fraction of sp³-hybridized carbons (Fsp3) is 0.261. The summed E-state index contributed by atoms with van der Waals surface area (Å²) in [6.45, 7) is 5.85. The van der Waals surface area contributed by atoms with Gasteiger partial charge in [0.2, 0.25) is 0 Å². The first kappa shape index (κ1) is 22.6. The monoisotopic (exact) mass is 486 g/mol. The summed E-state index contributed by atoms with van der Waals surface area (Å²) in [4.78, 5) is 24.6. The molecule has 0 bridgehead atoms. The molecule has 0 saturated carbocycles. The van der Waals surface area contributed by atoms with E-state index in [-0.39, 0.29) is 19.1 Å². The number of rotatable bonds is 8. The fourth-order valence-electron chi connectivity index (χ4n) is 2.97. The lowest BCUT2D eigenvalue weighted by molar-refractivity contribution is -0.145. The van der Waals surface area contributed by atoms with E-state index < -0.39 is 5.97 Å². The van der Waals surface area contributed by atoms with Crippen LogP contribution in [0, 0.1) is 0 Å². The number of halogens is 1. The zero-order valence-corrected chi connectivity index (χ0v) is 19.1. The summed E-state index contributed by atoms with van der Waals surface area (Å²) in [6.07, 6.45) is 1.76. The van der Waals surface area contributed by atoms with Crippen LogP contribution in [0.25, 0.3) is 6.08 Å². The van der Waals surface area contributed by atoms with E-state index in [0.717, 1.165) is 5.56 Å². The maximum atomic E-state index is 13.0. The number of benzene rings is 2. The van der Waals surface area contributed by atoms with Crippen molar-refractivity contribution in [3.8, 4) is 11.5 Å². The molecule has 1 heterocycles. The van der Waals surface area contributed by atoms with E-state index in [1.54, 1.807) is 32.1 Å². The van der Waals surface area contributed by atoms with Crippen LogP contribution in [0.15, 0.2) is 57.6 Å². The zero-order valence-electron chi connectivity index (χ0n) is 17.6. The summed E-state index contributed by atoms with van der Waals surface area (Å²) in [7, 11) is 0. The molecule has 0 saturated heterocycles. The largest absolute Gasteiger partial charge is 0.490 e. The van der Waals surface area contributed by atoms with Gasteiger partial charge in [-0.25, -0.2) is 4.79 Å². The Bertz CT molecular complexity index is 1030. The van der Waals surface area contributed by atoms with Crippen LogP contribution in [0.4, 0.5) is 5.69 Å². The van der Waals surface area contributed by atoms with Crippen molar-refractivity contribution >= 4 is 45.3 Å². The number of anilines is 1. The van der Waals surface area contributed by atoms with Gasteiger partial charge in [0.05, 0.1) is 30.2 Å². The molecule has 1 aliphatic heterocycles. The predicted molar refractivity (Wildman–Crippen MR) is 122 cm³/mol. The van der Waals surface area contributed by atoms with Gasteiger partial charge in [0.25, 0.3) is 5.91 Å². The maximum absolute atomic E-state index is 13.0. The Morgan fingerprint density at radius 2 is 1.81 bits per heavy atom. The normalized spacial score (nSPS) is 14.6. The molecule has 0 N–H and O–H groups in total. The second-order valence-corrected chi connectivity index (χ2v) is 7.40. The third-order valence-electron chi connectivity index (χ3n) is 4.38. The fourth-order valence-corrected chi connectivity index (χ4v) is 3.40.